The molecular weight excluding hydrogens is 478 g/mol. The molecule has 1 amide bonds. The number of carbonyl (C=O) groups is 2. The van der Waals surface area contributed by atoms with E-state index < -0.39 is 17.7 Å². The number of nitrogens with zero attached hydrogens (tertiary/aromatic N) is 1. The van der Waals surface area contributed by atoms with E-state index in [0.29, 0.717) is 33.3 Å². The summed E-state index contributed by atoms with van der Waals surface area (Å²) >= 11 is 6.16. The maximum atomic E-state index is 13.5. The Labute approximate surface area is 215 Å². The summed E-state index contributed by atoms with van der Waals surface area (Å²) in [5.41, 5.74) is 3.39. The van der Waals surface area contributed by atoms with Crippen molar-refractivity contribution in [3.05, 3.63) is 93.5 Å². The van der Waals surface area contributed by atoms with Crippen LogP contribution in [0, 0.1) is 13.8 Å². The molecule has 3 aromatic carbocycles. The van der Waals surface area contributed by atoms with Crippen molar-refractivity contribution in [2.75, 3.05) is 12.0 Å². The third-order valence-electron chi connectivity index (χ3n) is 5.90. The summed E-state index contributed by atoms with van der Waals surface area (Å²) in [6.45, 7) is 7.70. The predicted molar refractivity (Wildman–Crippen MR) is 141 cm³/mol. The van der Waals surface area contributed by atoms with Gasteiger partial charge in [0.2, 0.25) is 0 Å². The number of aliphatic hydroxyl groups is 1. The molecule has 1 atom stereocenters. The van der Waals surface area contributed by atoms with Gasteiger partial charge < -0.3 is 14.6 Å². The first-order valence-corrected chi connectivity index (χ1v) is 12.0. The summed E-state index contributed by atoms with van der Waals surface area (Å²) in [6, 6.07) is 16.7. The zero-order valence-corrected chi connectivity index (χ0v) is 21.6. The zero-order chi connectivity index (χ0) is 26.1. The molecule has 1 saturated heterocycles. The number of rotatable bonds is 6. The van der Waals surface area contributed by atoms with Gasteiger partial charge in [-0.25, -0.2) is 0 Å². The van der Waals surface area contributed by atoms with Gasteiger partial charge in [0.1, 0.15) is 17.3 Å². The van der Waals surface area contributed by atoms with Crippen LogP contribution in [-0.2, 0) is 9.59 Å². The van der Waals surface area contributed by atoms with Crippen LogP contribution in [0.5, 0.6) is 11.5 Å². The summed E-state index contributed by atoms with van der Waals surface area (Å²) in [7, 11) is 1.46. The molecule has 0 aromatic heterocycles. The molecule has 0 saturated carbocycles. The predicted octanol–water partition coefficient (Wildman–Crippen LogP) is 6.38. The first-order valence-electron chi connectivity index (χ1n) is 11.6. The normalized spacial score (nSPS) is 17.1. The fourth-order valence-electron chi connectivity index (χ4n) is 4.50. The molecule has 1 N–H and O–H groups in total. The summed E-state index contributed by atoms with van der Waals surface area (Å²) in [5, 5.41) is 11.8. The molecular formula is C29H28ClNO5. The van der Waals surface area contributed by atoms with Gasteiger partial charge in [-0.3, -0.25) is 14.5 Å². The monoisotopic (exact) mass is 505 g/mol. The minimum absolute atomic E-state index is 0.0229. The summed E-state index contributed by atoms with van der Waals surface area (Å²) in [4.78, 5) is 28.3. The van der Waals surface area contributed by atoms with Gasteiger partial charge in [-0.05, 0) is 86.8 Å². The van der Waals surface area contributed by atoms with Crippen LogP contribution in [0.2, 0.25) is 5.02 Å². The number of anilines is 1. The molecule has 0 bridgehead atoms. The van der Waals surface area contributed by atoms with Crippen LogP contribution in [0.15, 0.2) is 66.2 Å². The number of Topliss-reactive ketones (excluding diaryl/α,β-unsaturated/α-hetero) is 1. The number of halogens is 1. The van der Waals surface area contributed by atoms with Crippen molar-refractivity contribution in [1.29, 1.82) is 0 Å². The number of hydrogen-bond acceptors (Lipinski definition) is 5. The fourth-order valence-corrected chi connectivity index (χ4v) is 4.69. The fraction of sp³-hybridized carbons (Fsp3) is 0.241. The Morgan fingerprint density at radius 1 is 1.00 bits per heavy atom. The largest absolute Gasteiger partial charge is 0.507 e. The van der Waals surface area contributed by atoms with Crippen molar-refractivity contribution in [2.24, 2.45) is 0 Å². The Morgan fingerprint density at radius 3 is 2.33 bits per heavy atom. The van der Waals surface area contributed by atoms with E-state index in [1.165, 1.54) is 18.1 Å². The highest BCUT2D eigenvalue weighted by Gasteiger charge is 2.47. The van der Waals surface area contributed by atoms with E-state index >= 15 is 0 Å². The minimum Gasteiger partial charge on any atom is -0.507 e. The second kappa shape index (κ2) is 10.1. The van der Waals surface area contributed by atoms with E-state index in [4.69, 9.17) is 21.1 Å². The third kappa shape index (κ3) is 4.82. The molecule has 0 aliphatic carbocycles. The van der Waals surface area contributed by atoms with Crippen LogP contribution >= 0.6 is 11.6 Å². The Balaban J connectivity index is 1.96. The number of ketones is 1. The van der Waals surface area contributed by atoms with Crippen molar-refractivity contribution < 1.29 is 24.2 Å². The lowest BCUT2D eigenvalue weighted by molar-refractivity contribution is -0.132. The molecule has 7 heteroatoms. The van der Waals surface area contributed by atoms with Crippen LogP contribution in [-0.4, -0.2) is 30.0 Å². The lowest BCUT2D eigenvalue weighted by atomic mass is 9.94. The second-order valence-corrected chi connectivity index (χ2v) is 9.51. The number of amides is 1. The van der Waals surface area contributed by atoms with Gasteiger partial charge in [0.15, 0.2) is 0 Å². The van der Waals surface area contributed by atoms with Crippen molar-refractivity contribution in [3.63, 3.8) is 0 Å². The van der Waals surface area contributed by atoms with Gasteiger partial charge in [0.05, 0.1) is 29.9 Å². The number of methoxy groups -OCH3 is 1. The quantitative estimate of drug-likeness (QED) is 0.239. The molecule has 1 fully saturated rings. The molecule has 1 heterocycles. The smallest absolute Gasteiger partial charge is 0.300 e. The lowest BCUT2D eigenvalue weighted by Crippen LogP contribution is -2.29. The van der Waals surface area contributed by atoms with Gasteiger partial charge in [0, 0.05) is 11.3 Å². The van der Waals surface area contributed by atoms with E-state index in [-0.39, 0.29) is 17.4 Å². The van der Waals surface area contributed by atoms with Crippen molar-refractivity contribution >= 4 is 34.7 Å². The van der Waals surface area contributed by atoms with E-state index in [0.717, 1.165) is 11.1 Å². The highest BCUT2D eigenvalue weighted by atomic mass is 35.5. The molecule has 4 rings (SSSR count). The van der Waals surface area contributed by atoms with Crippen molar-refractivity contribution in [1.82, 2.24) is 0 Å². The molecule has 186 valence electrons. The average molecular weight is 506 g/mol. The summed E-state index contributed by atoms with van der Waals surface area (Å²) in [6.07, 6.45) is -0.0624. The van der Waals surface area contributed by atoms with Crippen molar-refractivity contribution in [2.45, 2.75) is 39.8 Å². The Morgan fingerprint density at radius 2 is 1.69 bits per heavy atom. The first-order chi connectivity index (χ1) is 17.1. The minimum atomic E-state index is -0.872. The number of carbonyl (C=O) groups excluding carboxylic acids is 2. The SMILES string of the molecule is COc1cc(/C(O)=C2/C(=O)C(=O)N(c3cc(C)cc(C)c3)C2c2cccc(OC(C)C)c2)ccc1Cl. The first kappa shape index (κ1) is 25.3. The van der Waals surface area contributed by atoms with Crippen LogP contribution in [0.1, 0.15) is 42.1 Å². The number of aliphatic hydroxyl groups excluding tert-OH is 1. The van der Waals surface area contributed by atoms with Gasteiger partial charge in [0.25, 0.3) is 11.7 Å². The number of ether oxygens (including phenoxy) is 2. The van der Waals surface area contributed by atoms with Crippen LogP contribution in [0.3, 0.4) is 0 Å². The van der Waals surface area contributed by atoms with Crippen molar-refractivity contribution in [3.8, 4) is 11.5 Å². The summed E-state index contributed by atoms with van der Waals surface area (Å²) < 4.78 is 11.2. The zero-order valence-electron chi connectivity index (χ0n) is 20.8. The molecule has 3 aromatic rings. The standard InChI is InChI=1S/C29H28ClNO5/c1-16(2)36-22-8-6-7-19(14-22)26-25(27(32)20-9-10-23(30)24(15-20)35-5)28(33)29(34)31(26)21-12-17(3)11-18(4)13-21/h6-16,26,32H,1-5H3/b27-25-. The average Bonchev–Trinajstić information content (AvgIpc) is 3.08. The molecule has 36 heavy (non-hydrogen) atoms. The third-order valence-corrected chi connectivity index (χ3v) is 6.21. The van der Waals surface area contributed by atoms with Gasteiger partial charge in [-0.2, -0.15) is 0 Å². The van der Waals surface area contributed by atoms with E-state index in [1.807, 2.05) is 58.0 Å². The summed E-state index contributed by atoms with van der Waals surface area (Å²) in [5.74, 6) is -0.867. The molecule has 1 aliphatic heterocycles. The number of benzene rings is 3. The van der Waals surface area contributed by atoms with Crippen LogP contribution in [0.4, 0.5) is 5.69 Å². The Hall–Kier alpha value is -3.77. The van der Waals surface area contributed by atoms with Gasteiger partial charge >= 0.3 is 0 Å². The molecule has 1 unspecified atom stereocenters. The van der Waals surface area contributed by atoms with Gasteiger partial charge in [-0.1, -0.05) is 29.8 Å². The maximum Gasteiger partial charge on any atom is 0.300 e. The number of aryl methyl sites for hydroxylation is 2. The van der Waals surface area contributed by atoms with E-state index in [9.17, 15) is 14.7 Å². The highest BCUT2D eigenvalue weighted by Crippen LogP contribution is 2.43. The highest BCUT2D eigenvalue weighted by molar-refractivity contribution is 6.51. The second-order valence-electron chi connectivity index (χ2n) is 9.10. The Kier molecular flexibility index (Phi) is 7.09. The van der Waals surface area contributed by atoms with Crippen LogP contribution in [0.25, 0.3) is 5.76 Å². The van der Waals surface area contributed by atoms with Gasteiger partial charge in [-0.15, -0.1) is 0 Å². The maximum absolute atomic E-state index is 13.5. The van der Waals surface area contributed by atoms with E-state index in [1.54, 1.807) is 24.3 Å². The van der Waals surface area contributed by atoms with Crippen LogP contribution < -0.4 is 14.4 Å². The molecule has 0 spiro atoms. The number of hydrogen-bond donors (Lipinski definition) is 1. The molecule has 0 radical (unpaired) electrons. The lowest BCUT2D eigenvalue weighted by Gasteiger charge is -2.26. The Bertz CT molecular complexity index is 1360. The van der Waals surface area contributed by atoms with E-state index in [2.05, 4.69) is 0 Å². The topological polar surface area (TPSA) is 76.1 Å². The molecule has 6 nitrogen and oxygen atoms in total. The molecule has 1 aliphatic rings.